The molecule has 1 aromatic heterocycles. The van der Waals surface area contributed by atoms with Gasteiger partial charge >= 0.3 is 0 Å². The highest BCUT2D eigenvalue weighted by molar-refractivity contribution is 6.28. The van der Waals surface area contributed by atoms with Crippen LogP contribution in [-0.4, -0.2) is 22.9 Å². The molecule has 1 aromatic rings. The van der Waals surface area contributed by atoms with Crippen molar-refractivity contribution in [3.05, 3.63) is 30.3 Å². The first kappa shape index (κ1) is 9.67. The molecule has 0 saturated carbocycles. The van der Waals surface area contributed by atoms with Gasteiger partial charge in [0.1, 0.15) is 0 Å². The Hall–Kier alpha value is -1.42. The molecule has 13 heavy (non-hydrogen) atoms. The van der Waals surface area contributed by atoms with Crippen molar-refractivity contribution >= 4 is 23.2 Å². The second kappa shape index (κ2) is 4.00. The van der Waals surface area contributed by atoms with Gasteiger partial charge in [0.05, 0.1) is 18.1 Å². The molecule has 0 atom stereocenters. The minimum absolute atomic E-state index is 0.156. The largest absolute Gasteiger partial charge is 0.309 e. The first-order valence-corrected chi connectivity index (χ1v) is 3.90. The Balaban J connectivity index is 2.89. The van der Waals surface area contributed by atoms with Crippen LogP contribution in [0.2, 0.25) is 5.28 Å². The fourth-order valence-corrected chi connectivity index (χ4v) is 0.840. The Labute approximate surface area is 80.9 Å². The van der Waals surface area contributed by atoms with Crippen molar-refractivity contribution in [2.75, 3.05) is 11.9 Å². The van der Waals surface area contributed by atoms with E-state index in [1.165, 1.54) is 23.4 Å². The molecule has 4 nitrogen and oxygen atoms in total. The maximum atomic E-state index is 11.1. The molecule has 68 valence electrons. The average molecular weight is 198 g/mol. The summed E-state index contributed by atoms with van der Waals surface area (Å²) in [5, 5.41) is 0.156. The highest BCUT2D eigenvalue weighted by Gasteiger charge is 2.07. The SMILES string of the molecule is C=CC(=O)N(C)c1cnc(Cl)nc1. The number of carbonyl (C=O) groups is 1. The molecule has 0 aromatic carbocycles. The summed E-state index contributed by atoms with van der Waals surface area (Å²) >= 11 is 5.48. The molecule has 0 bridgehead atoms. The van der Waals surface area contributed by atoms with E-state index in [2.05, 4.69) is 16.5 Å². The topological polar surface area (TPSA) is 46.1 Å². The third-order valence-electron chi connectivity index (χ3n) is 1.50. The van der Waals surface area contributed by atoms with Gasteiger partial charge in [0.15, 0.2) is 0 Å². The maximum absolute atomic E-state index is 11.1. The first-order valence-electron chi connectivity index (χ1n) is 3.53. The summed E-state index contributed by atoms with van der Waals surface area (Å²) in [7, 11) is 1.61. The number of halogens is 1. The van der Waals surface area contributed by atoms with Gasteiger partial charge in [-0.05, 0) is 17.7 Å². The highest BCUT2D eigenvalue weighted by Crippen LogP contribution is 2.10. The molecule has 0 N–H and O–H groups in total. The van der Waals surface area contributed by atoms with Gasteiger partial charge in [-0.25, -0.2) is 9.97 Å². The van der Waals surface area contributed by atoms with Crippen LogP contribution in [0.4, 0.5) is 5.69 Å². The summed E-state index contributed by atoms with van der Waals surface area (Å²) in [6.07, 6.45) is 4.15. The van der Waals surface area contributed by atoms with E-state index in [-0.39, 0.29) is 11.2 Å². The Morgan fingerprint density at radius 2 is 2.15 bits per heavy atom. The molecule has 1 rings (SSSR count). The Morgan fingerprint density at radius 3 is 2.62 bits per heavy atom. The number of carbonyl (C=O) groups excluding carboxylic acids is 1. The van der Waals surface area contributed by atoms with E-state index >= 15 is 0 Å². The molecule has 1 amide bonds. The normalized spacial score (nSPS) is 9.38. The van der Waals surface area contributed by atoms with Gasteiger partial charge < -0.3 is 4.90 Å². The second-order valence-electron chi connectivity index (χ2n) is 2.31. The third kappa shape index (κ3) is 2.26. The van der Waals surface area contributed by atoms with E-state index < -0.39 is 0 Å². The van der Waals surface area contributed by atoms with E-state index in [0.717, 1.165) is 0 Å². The van der Waals surface area contributed by atoms with Gasteiger partial charge in [0.2, 0.25) is 11.2 Å². The predicted molar refractivity (Wildman–Crippen MR) is 50.6 cm³/mol. The molecule has 1 heterocycles. The lowest BCUT2D eigenvalue weighted by molar-refractivity contribution is -0.113. The number of likely N-dealkylation sites (N-methyl/N-ethyl adjacent to an activating group) is 1. The number of amides is 1. The summed E-state index contributed by atoms with van der Waals surface area (Å²) in [5.41, 5.74) is 0.578. The van der Waals surface area contributed by atoms with Gasteiger partial charge in [-0.2, -0.15) is 0 Å². The average Bonchev–Trinajstić information content (AvgIpc) is 2.17. The minimum atomic E-state index is -0.217. The molecule has 0 spiro atoms. The van der Waals surface area contributed by atoms with Crippen molar-refractivity contribution in [3.8, 4) is 0 Å². The van der Waals surface area contributed by atoms with Crippen LogP contribution in [0, 0.1) is 0 Å². The van der Waals surface area contributed by atoms with Crippen LogP contribution in [0.5, 0.6) is 0 Å². The quantitative estimate of drug-likeness (QED) is 0.530. The van der Waals surface area contributed by atoms with Crippen molar-refractivity contribution in [2.45, 2.75) is 0 Å². The van der Waals surface area contributed by atoms with E-state index in [0.29, 0.717) is 5.69 Å². The minimum Gasteiger partial charge on any atom is -0.309 e. The molecule has 0 saturated heterocycles. The summed E-state index contributed by atoms with van der Waals surface area (Å²) in [6.45, 7) is 3.37. The smallest absolute Gasteiger partial charge is 0.250 e. The molecule has 0 fully saturated rings. The standard InChI is InChI=1S/C8H8ClN3O/c1-3-7(13)12(2)6-4-10-8(9)11-5-6/h3-5H,1H2,2H3. The molecule has 5 heteroatoms. The Kier molecular flexibility index (Phi) is 2.97. The molecule has 0 aliphatic carbocycles. The lowest BCUT2D eigenvalue weighted by atomic mass is 10.4. The van der Waals surface area contributed by atoms with E-state index in [4.69, 9.17) is 11.6 Å². The first-order chi connectivity index (χ1) is 6.15. The zero-order valence-electron chi connectivity index (χ0n) is 7.07. The van der Waals surface area contributed by atoms with Crippen molar-refractivity contribution < 1.29 is 4.79 Å². The van der Waals surface area contributed by atoms with E-state index in [9.17, 15) is 4.79 Å². The lowest BCUT2D eigenvalue weighted by Crippen LogP contribution is -2.23. The fourth-order valence-electron chi connectivity index (χ4n) is 0.743. The highest BCUT2D eigenvalue weighted by atomic mass is 35.5. The summed E-state index contributed by atoms with van der Waals surface area (Å²) in [4.78, 5) is 20.0. The van der Waals surface area contributed by atoms with Crippen LogP contribution in [0.25, 0.3) is 0 Å². The van der Waals surface area contributed by atoms with Crippen molar-refractivity contribution in [1.29, 1.82) is 0 Å². The Bertz CT molecular complexity index is 323. The number of rotatable bonds is 2. The third-order valence-corrected chi connectivity index (χ3v) is 1.69. The van der Waals surface area contributed by atoms with Crippen LogP contribution >= 0.6 is 11.6 Å². The van der Waals surface area contributed by atoms with Crippen molar-refractivity contribution in [3.63, 3.8) is 0 Å². The summed E-state index contributed by atoms with van der Waals surface area (Å²) < 4.78 is 0. The monoisotopic (exact) mass is 197 g/mol. The van der Waals surface area contributed by atoms with Crippen molar-refractivity contribution in [2.24, 2.45) is 0 Å². The van der Waals surface area contributed by atoms with Crippen LogP contribution in [0.1, 0.15) is 0 Å². The second-order valence-corrected chi connectivity index (χ2v) is 2.65. The number of hydrogen-bond acceptors (Lipinski definition) is 3. The molecule has 0 aliphatic rings. The predicted octanol–water partition coefficient (Wildman–Crippen LogP) is 1.28. The zero-order valence-corrected chi connectivity index (χ0v) is 7.82. The number of anilines is 1. The maximum Gasteiger partial charge on any atom is 0.250 e. The van der Waals surface area contributed by atoms with Gasteiger partial charge in [0.25, 0.3) is 0 Å². The molecular weight excluding hydrogens is 190 g/mol. The van der Waals surface area contributed by atoms with E-state index in [1.807, 2.05) is 0 Å². The fraction of sp³-hybridized carbons (Fsp3) is 0.125. The summed E-state index contributed by atoms with van der Waals surface area (Å²) in [5.74, 6) is -0.217. The Morgan fingerprint density at radius 1 is 1.62 bits per heavy atom. The summed E-state index contributed by atoms with van der Waals surface area (Å²) in [6, 6.07) is 0. The number of hydrogen-bond donors (Lipinski definition) is 0. The molecule has 0 aliphatic heterocycles. The number of nitrogens with zero attached hydrogens (tertiary/aromatic N) is 3. The lowest BCUT2D eigenvalue weighted by Gasteiger charge is -2.13. The van der Waals surface area contributed by atoms with Gasteiger partial charge in [-0.15, -0.1) is 0 Å². The zero-order chi connectivity index (χ0) is 9.84. The molecule has 0 unspecified atom stereocenters. The van der Waals surface area contributed by atoms with Crippen LogP contribution < -0.4 is 4.90 Å². The molecule has 0 radical (unpaired) electrons. The molecular formula is C8H8ClN3O. The van der Waals surface area contributed by atoms with E-state index in [1.54, 1.807) is 7.05 Å². The van der Waals surface area contributed by atoms with Crippen LogP contribution in [0.3, 0.4) is 0 Å². The van der Waals surface area contributed by atoms with Gasteiger partial charge in [0, 0.05) is 7.05 Å². The van der Waals surface area contributed by atoms with Crippen LogP contribution in [-0.2, 0) is 4.79 Å². The van der Waals surface area contributed by atoms with Gasteiger partial charge in [-0.3, -0.25) is 4.79 Å². The number of aromatic nitrogens is 2. The van der Waals surface area contributed by atoms with Gasteiger partial charge in [-0.1, -0.05) is 6.58 Å². The van der Waals surface area contributed by atoms with Crippen LogP contribution in [0.15, 0.2) is 25.0 Å². The van der Waals surface area contributed by atoms with Crippen molar-refractivity contribution in [1.82, 2.24) is 9.97 Å².